The molecule has 1 rings (SSSR count). The third kappa shape index (κ3) is 5.40. The van der Waals surface area contributed by atoms with Gasteiger partial charge < -0.3 is 0 Å². The minimum Gasteiger partial charge on any atom is -0.256 e. The van der Waals surface area contributed by atoms with E-state index in [0.717, 1.165) is 24.1 Å². The molecule has 0 radical (unpaired) electrons. The Balaban J connectivity index is 2.95. The van der Waals surface area contributed by atoms with E-state index in [9.17, 15) is 0 Å². The maximum absolute atomic E-state index is 4.58. The lowest BCUT2D eigenvalue weighted by Gasteiger charge is -2.05. The summed E-state index contributed by atoms with van der Waals surface area (Å²) in [5.41, 5.74) is 6.00. The second-order valence-corrected chi connectivity index (χ2v) is 5.27. The van der Waals surface area contributed by atoms with Crippen molar-refractivity contribution in [3.63, 3.8) is 0 Å². The largest absolute Gasteiger partial charge is 0.256 e. The first-order chi connectivity index (χ1) is 9.56. The number of rotatable bonds is 6. The van der Waals surface area contributed by atoms with Gasteiger partial charge in [-0.1, -0.05) is 55.0 Å². The van der Waals surface area contributed by atoms with Crippen molar-refractivity contribution in [2.24, 2.45) is 0 Å². The van der Waals surface area contributed by atoms with Gasteiger partial charge in [0.1, 0.15) is 0 Å². The van der Waals surface area contributed by atoms with Gasteiger partial charge in [-0.05, 0) is 45.2 Å². The smallest absolute Gasteiger partial charge is 0.0702 e. The van der Waals surface area contributed by atoms with Gasteiger partial charge in [0.2, 0.25) is 0 Å². The van der Waals surface area contributed by atoms with Gasteiger partial charge in [0.25, 0.3) is 0 Å². The van der Waals surface area contributed by atoms with Gasteiger partial charge in [-0.25, -0.2) is 0 Å². The maximum atomic E-state index is 4.58. The fraction of sp³-hybridized carbons (Fsp3) is 0.316. The number of allylic oxidation sites excluding steroid dienone is 7. The van der Waals surface area contributed by atoms with E-state index in [1.165, 1.54) is 16.7 Å². The molecule has 1 nitrogen and oxygen atoms in total. The third-order valence-corrected chi connectivity index (χ3v) is 2.90. The highest BCUT2D eigenvalue weighted by molar-refractivity contribution is 5.73. The number of hydrogen-bond donors (Lipinski definition) is 0. The van der Waals surface area contributed by atoms with E-state index in [2.05, 4.69) is 63.5 Å². The molecule has 1 aromatic rings. The molecule has 0 unspecified atom stereocenters. The van der Waals surface area contributed by atoms with Crippen LogP contribution in [0.5, 0.6) is 0 Å². The van der Waals surface area contributed by atoms with Crippen LogP contribution in [0.25, 0.3) is 5.57 Å². The maximum Gasteiger partial charge on any atom is 0.0702 e. The molecular formula is C19H25N. The fourth-order valence-electron chi connectivity index (χ4n) is 2.09. The highest BCUT2D eigenvalue weighted by Crippen LogP contribution is 2.17. The average Bonchev–Trinajstić information content (AvgIpc) is 2.39. The molecule has 1 aromatic heterocycles. The van der Waals surface area contributed by atoms with E-state index in [1.54, 1.807) is 6.08 Å². The first-order valence-corrected chi connectivity index (χ1v) is 7.15. The second kappa shape index (κ2) is 8.31. The predicted octanol–water partition coefficient (Wildman–Crippen LogP) is 5.52. The van der Waals surface area contributed by atoms with Crippen molar-refractivity contribution in [2.75, 3.05) is 0 Å². The van der Waals surface area contributed by atoms with Crippen LogP contribution in [-0.4, -0.2) is 4.98 Å². The Labute approximate surface area is 123 Å². The van der Waals surface area contributed by atoms with Crippen LogP contribution in [0.4, 0.5) is 0 Å². The number of nitrogens with zero attached hydrogens (tertiary/aromatic N) is 1. The molecule has 0 aliphatic carbocycles. The molecule has 0 saturated carbocycles. The minimum absolute atomic E-state index is 0.976. The summed E-state index contributed by atoms with van der Waals surface area (Å²) in [4.78, 5) is 4.58. The third-order valence-electron chi connectivity index (χ3n) is 2.90. The topological polar surface area (TPSA) is 12.9 Å². The molecule has 106 valence electrons. The Kier molecular flexibility index (Phi) is 6.72. The van der Waals surface area contributed by atoms with Crippen molar-refractivity contribution < 1.29 is 0 Å². The summed E-state index contributed by atoms with van der Waals surface area (Å²) in [5, 5.41) is 0. The second-order valence-electron chi connectivity index (χ2n) is 5.27. The van der Waals surface area contributed by atoms with Gasteiger partial charge >= 0.3 is 0 Å². The number of pyridine rings is 1. The number of hydrogen-bond acceptors (Lipinski definition) is 1. The highest BCUT2D eigenvalue weighted by Gasteiger charge is 2.01. The summed E-state index contributed by atoms with van der Waals surface area (Å²) in [6, 6.07) is 4.24. The standard InChI is InChI=1S/C19H25N/c1-6-8-16(5)13-17-10-11-19(20-14-17)18(9-7-2)12-15(3)4/h7-12,14H,2,6,13H2,1,3-5H3/b16-8+,18-9+. The van der Waals surface area contributed by atoms with Crippen LogP contribution in [0.15, 0.2) is 60.4 Å². The first-order valence-electron chi connectivity index (χ1n) is 7.15. The molecule has 0 aromatic carbocycles. The molecule has 0 bridgehead atoms. The van der Waals surface area contributed by atoms with E-state index >= 15 is 0 Å². The molecule has 0 amide bonds. The van der Waals surface area contributed by atoms with E-state index < -0.39 is 0 Å². The predicted molar refractivity (Wildman–Crippen MR) is 89.6 cm³/mol. The van der Waals surface area contributed by atoms with Crippen LogP contribution in [0.1, 0.15) is 45.4 Å². The molecule has 0 N–H and O–H groups in total. The number of aromatic nitrogens is 1. The van der Waals surface area contributed by atoms with Crippen molar-refractivity contribution in [3.05, 3.63) is 71.6 Å². The van der Waals surface area contributed by atoms with Gasteiger partial charge in [0.15, 0.2) is 0 Å². The van der Waals surface area contributed by atoms with Gasteiger partial charge in [-0.15, -0.1) is 0 Å². The fourth-order valence-corrected chi connectivity index (χ4v) is 2.09. The van der Waals surface area contributed by atoms with Crippen LogP contribution in [0.3, 0.4) is 0 Å². The zero-order valence-corrected chi connectivity index (χ0v) is 13.1. The highest BCUT2D eigenvalue weighted by atomic mass is 14.7. The average molecular weight is 267 g/mol. The van der Waals surface area contributed by atoms with Gasteiger partial charge in [-0.2, -0.15) is 0 Å². The molecule has 0 saturated heterocycles. The molecule has 0 fully saturated rings. The quantitative estimate of drug-likeness (QED) is 0.489. The Hall–Kier alpha value is -1.89. The van der Waals surface area contributed by atoms with E-state index in [-0.39, 0.29) is 0 Å². The lowest BCUT2D eigenvalue weighted by molar-refractivity contribution is 1.07. The molecule has 20 heavy (non-hydrogen) atoms. The van der Waals surface area contributed by atoms with Gasteiger partial charge in [0.05, 0.1) is 5.69 Å². The molecule has 0 atom stereocenters. The SMILES string of the molecule is C=C/C=C(\C=C(C)C)c1ccc(C/C(C)=C/CC)cn1. The van der Waals surface area contributed by atoms with Crippen molar-refractivity contribution in [1.29, 1.82) is 0 Å². The first kappa shape index (κ1) is 16.2. The summed E-state index contributed by atoms with van der Waals surface area (Å²) < 4.78 is 0. The molecule has 1 heterocycles. The molecule has 0 aliphatic rings. The van der Waals surface area contributed by atoms with E-state index in [1.807, 2.05) is 12.3 Å². The van der Waals surface area contributed by atoms with Crippen molar-refractivity contribution in [2.45, 2.75) is 40.5 Å². The van der Waals surface area contributed by atoms with Crippen LogP contribution < -0.4 is 0 Å². The monoisotopic (exact) mass is 267 g/mol. The van der Waals surface area contributed by atoms with Crippen LogP contribution in [0, 0.1) is 0 Å². The Morgan fingerprint density at radius 3 is 2.50 bits per heavy atom. The molecule has 1 heteroatoms. The Morgan fingerprint density at radius 2 is 2.00 bits per heavy atom. The summed E-state index contributed by atoms with van der Waals surface area (Å²) in [6.45, 7) is 12.3. The van der Waals surface area contributed by atoms with Crippen LogP contribution >= 0.6 is 0 Å². The van der Waals surface area contributed by atoms with Crippen molar-refractivity contribution >= 4 is 5.57 Å². The molecule has 0 aliphatic heterocycles. The summed E-state index contributed by atoms with van der Waals surface area (Å²) in [7, 11) is 0. The summed E-state index contributed by atoms with van der Waals surface area (Å²) in [5.74, 6) is 0. The zero-order valence-electron chi connectivity index (χ0n) is 13.1. The van der Waals surface area contributed by atoms with Crippen molar-refractivity contribution in [3.8, 4) is 0 Å². The summed E-state index contributed by atoms with van der Waals surface area (Å²) >= 11 is 0. The Morgan fingerprint density at radius 1 is 1.25 bits per heavy atom. The van der Waals surface area contributed by atoms with E-state index in [0.29, 0.717) is 0 Å². The van der Waals surface area contributed by atoms with E-state index in [4.69, 9.17) is 0 Å². The minimum atomic E-state index is 0.976. The normalized spacial score (nSPS) is 12.2. The van der Waals surface area contributed by atoms with Crippen molar-refractivity contribution in [1.82, 2.24) is 4.98 Å². The zero-order chi connectivity index (χ0) is 15.0. The lowest BCUT2D eigenvalue weighted by Crippen LogP contribution is -1.92. The van der Waals surface area contributed by atoms with Crippen LogP contribution in [0.2, 0.25) is 0 Å². The van der Waals surface area contributed by atoms with Gasteiger partial charge in [0, 0.05) is 11.8 Å². The van der Waals surface area contributed by atoms with Crippen LogP contribution in [-0.2, 0) is 6.42 Å². The molecule has 0 spiro atoms. The lowest BCUT2D eigenvalue weighted by atomic mass is 10.0. The molecular weight excluding hydrogens is 242 g/mol. The van der Waals surface area contributed by atoms with Gasteiger partial charge in [-0.3, -0.25) is 4.98 Å². The summed E-state index contributed by atoms with van der Waals surface area (Å²) in [6.07, 6.45) is 12.2. The Bertz CT molecular complexity index is 523.